The van der Waals surface area contributed by atoms with Gasteiger partial charge in [-0.1, -0.05) is 0 Å². The van der Waals surface area contributed by atoms with Gasteiger partial charge in [0.2, 0.25) is 0 Å². The van der Waals surface area contributed by atoms with Crippen LogP contribution in [0.2, 0.25) is 0 Å². The van der Waals surface area contributed by atoms with E-state index in [1.165, 1.54) is 0 Å². The zero-order chi connectivity index (χ0) is 19.2. The molecule has 2 N–H and O–H groups in total. The van der Waals surface area contributed by atoms with Crippen molar-refractivity contribution in [3.05, 3.63) is 71.8 Å². The predicted molar refractivity (Wildman–Crippen MR) is 110 cm³/mol. The van der Waals surface area contributed by atoms with Crippen molar-refractivity contribution in [2.24, 2.45) is 0 Å². The first-order valence-electron chi connectivity index (χ1n) is 9.28. The van der Waals surface area contributed by atoms with Crippen LogP contribution in [0, 0.1) is 0 Å². The summed E-state index contributed by atoms with van der Waals surface area (Å²) in [6.45, 7) is 9.08. The molecule has 0 saturated carbocycles. The van der Waals surface area contributed by atoms with Crippen molar-refractivity contribution in [1.82, 2.24) is 4.90 Å². The zero-order valence-corrected chi connectivity index (χ0v) is 17.2. The standard InChI is InChI=1S/C21H32NO3P/c1-17(2)22(18(3)4)15-16-26(23,24)25-21(19-11-7-5-8-12-19)20-13-9-6-10-14-20/h5-14,17-18,21,23-24,26H,15-16H2,1-4H3. The molecule has 0 unspecified atom stereocenters. The summed E-state index contributed by atoms with van der Waals surface area (Å²) in [7, 11) is -3.83. The second-order valence-corrected chi connectivity index (χ2v) is 9.46. The zero-order valence-electron chi connectivity index (χ0n) is 16.2. The summed E-state index contributed by atoms with van der Waals surface area (Å²) in [6.07, 6.45) is -0.231. The van der Waals surface area contributed by atoms with Crippen molar-refractivity contribution in [3.8, 4) is 0 Å². The van der Waals surface area contributed by atoms with Crippen LogP contribution in [-0.4, -0.2) is 39.5 Å². The quantitative estimate of drug-likeness (QED) is 0.637. The SMILES string of the molecule is CC(C)N(CC[PH](O)(O)OC(c1ccccc1)c1ccccc1)C(C)C. The second kappa shape index (κ2) is 9.59. The molecule has 0 radical (unpaired) electrons. The fourth-order valence-corrected chi connectivity index (χ4v) is 4.54. The molecule has 0 aliphatic carbocycles. The summed E-state index contributed by atoms with van der Waals surface area (Å²) in [5, 5.41) is 0. The summed E-state index contributed by atoms with van der Waals surface area (Å²) in [5.74, 6) is 0. The Morgan fingerprint density at radius 3 is 1.62 bits per heavy atom. The van der Waals surface area contributed by atoms with Crippen molar-refractivity contribution >= 4 is 7.94 Å². The van der Waals surface area contributed by atoms with Gasteiger partial charge in [0.1, 0.15) is 0 Å². The van der Waals surface area contributed by atoms with E-state index in [4.69, 9.17) is 4.52 Å². The third-order valence-electron chi connectivity index (χ3n) is 4.53. The molecule has 0 aliphatic heterocycles. The summed E-state index contributed by atoms with van der Waals surface area (Å²) in [4.78, 5) is 23.6. The van der Waals surface area contributed by atoms with E-state index in [1.54, 1.807) is 0 Å². The van der Waals surface area contributed by atoms with E-state index in [0.29, 0.717) is 18.6 Å². The molecule has 0 atom stereocenters. The van der Waals surface area contributed by atoms with Crippen molar-refractivity contribution in [1.29, 1.82) is 0 Å². The van der Waals surface area contributed by atoms with Crippen LogP contribution in [0.15, 0.2) is 60.7 Å². The topological polar surface area (TPSA) is 52.9 Å². The van der Waals surface area contributed by atoms with Crippen LogP contribution in [0.5, 0.6) is 0 Å². The molecule has 26 heavy (non-hydrogen) atoms. The van der Waals surface area contributed by atoms with Gasteiger partial charge in [-0.3, -0.25) is 0 Å². The average molecular weight is 377 g/mol. The number of nitrogens with zero attached hydrogens (tertiary/aromatic N) is 1. The molecule has 144 valence electrons. The fourth-order valence-electron chi connectivity index (χ4n) is 3.22. The van der Waals surface area contributed by atoms with Crippen LogP contribution in [0.1, 0.15) is 44.9 Å². The van der Waals surface area contributed by atoms with Gasteiger partial charge >= 0.3 is 158 Å². The molecule has 2 aromatic carbocycles. The number of hydrogen-bond donors (Lipinski definition) is 2. The minimum absolute atomic E-state index is 0.250. The Bertz CT molecular complexity index is 599. The molecule has 2 aromatic rings. The number of benzene rings is 2. The third kappa shape index (κ3) is 6.15. The average Bonchev–Trinajstić information content (AvgIpc) is 2.60. The van der Waals surface area contributed by atoms with Gasteiger partial charge in [-0.15, -0.1) is 0 Å². The molecular formula is C21H32NO3P. The van der Waals surface area contributed by atoms with Gasteiger partial charge in [0.25, 0.3) is 0 Å². The van der Waals surface area contributed by atoms with Crippen LogP contribution in [0.25, 0.3) is 0 Å². The Hall–Kier alpha value is -1.29. The Morgan fingerprint density at radius 2 is 1.23 bits per heavy atom. The summed E-state index contributed by atoms with van der Waals surface area (Å²) < 4.78 is 5.94. The molecule has 4 nitrogen and oxygen atoms in total. The molecule has 2 rings (SSSR count). The van der Waals surface area contributed by atoms with E-state index in [2.05, 4.69) is 32.6 Å². The Balaban J connectivity index is 2.16. The van der Waals surface area contributed by atoms with Gasteiger partial charge in [-0.05, 0) is 0 Å². The van der Waals surface area contributed by atoms with Crippen molar-refractivity contribution < 1.29 is 14.3 Å². The molecule has 0 saturated heterocycles. The molecule has 0 amide bonds. The first-order valence-corrected chi connectivity index (χ1v) is 11.3. The van der Waals surface area contributed by atoms with E-state index in [-0.39, 0.29) is 6.16 Å². The molecule has 0 aliphatic rings. The van der Waals surface area contributed by atoms with Gasteiger partial charge in [0, 0.05) is 0 Å². The summed E-state index contributed by atoms with van der Waals surface area (Å²) >= 11 is 0. The van der Waals surface area contributed by atoms with Crippen LogP contribution < -0.4 is 0 Å². The third-order valence-corrected chi connectivity index (χ3v) is 6.02. The maximum atomic E-state index is 10.7. The van der Waals surface area contributed by atoms with E-state index in [1.807, 2.05) is 60.7 Å². The molecule has 0 heterocycles. The predicted octanol–water partition coefficient (Wildman–Crippen LogP) is 4.39. The fraction of sp³-hybridized carbons (Fsp3) is 0.429. The molecular weight excluding hydrogens is 345 g/mol. The number of hydrogen-bond acceptors (Lipinski definition) is 4. The van der Waals surface area contributed by atoms with E-state index < -0.39 is 14.0 Å². The normalized spacial score (nSPS) is 13.2. The Kier molecular flexibility index (Phi) is 7.75. The summed E-state index contributed by atoms with van der Waals surface area (Å²) in [5.41, 5.74) is 1.84. The Morgan fingerprint density at radius 1 is 0.808 bits per heavy atom. The second-order valence-electron chi connectivity index (χ2n) is 7.24. The van der Waals surface area contributed by atoms with E-state index in [9.17, 15) is 9.79 Å². The van der Waals surface area contributed by atoms with Gasteiger partial charge in [0.15, 0.2) is 0 Å². The van der Waals surface area contributed by atoms with Crippen molar-refractivity contribution in [2.75, 3.05) is 12.7 Å². The molecule has 0 bridgehead atoms. The van der Waals surface area contributed by atoms with Crippen LogP contribution in [0.3, 0.4) is 0 Å². The van der Waals surface area contributed by atoms with Crippen LogP contribution in [0.4, 0.5) is 0 Å². The van der Waals surface area contributed by atoms with Crippen molar-refractivity contribution in [2.45, 2.75) is 45.9 Å². The van der Waals surface area contributed by atoms with E-state index >= 15 is 0 Å². The number of rotatable bonds is 9. The van der Waals surface area contributed by atoms with Gasteiger partial charge in [0.05, 0.1) is 0 Å². The first-order chi connectivity index (χ1) is 12.3. The van der Waals surface area contributed by atoms with Gasteiger partial charge in [-0.2, -0.15) is 0 Å². The minimum atomic E-state index is -3.83. The molecule has 0 spiro atoms. The van der Waals surface area contributed by atoms with Crippen LogP contribution in [-0.2, 0) is 4.52 Å². The molecule has 0 fully saturated rings. The van der Waals surface area contributed by atoms with E-state index in [0.717, 1.165) is 11.1 Å². The first kappa shape index (κ1) is 21.0. The van der Waals surface area contributed by atoms with Crippen LogP contribution >= 0.6 is 7.94 Å². The van der Waals surface area contributed by atoms with Crippen molar-refractivity contribution in [3.63, 3.8) is 0 Å². The Labute approximate surface area is 158 Å². The monoisotopic (exact) mass is 377 g/mol. The molecule has 0 aromatic heterocycles. The van der Waals surface area contributed by atoms with Gasteiger partial charge < -0.3 is 0 Å². The summed E-state index contributed by atoms with van der Waals surface area (Å²) in [6, 6.07) is 20.1. The van der Waals surface area contributed by atoms with Gasteiger partial charge in [-0.25, -0.2) is 0 Å². The molecule has 5 heteroatoms. The maximum absolute atomic E-state index is 10.7.